The van der Waals surface area contributed by atoms with Gasteiger partial charge < -0.3 is 39.2 Å². The van der Waals surface area contributed by atoms with Crippen LogP contribution in [0.2, 0.25) is 0 Å². The number of quaternary nitrogens is 1. The van der Waals surface area contributed by atoms with E-state index in [2.05, 4.69) is 29.8 Å². The maximum atomic E-state index is 15.2. The van der Waals surface area contributed by atoms with Crippen LogP contribution in [0.25, 0.3) is 0 Å². The van der Waals surface area contributed by atoms with Crippen molar-refractivity contribution in [3.05, 3.63) is 101 Å². The number of rotatable bonds is 23. The fourth-order valence-corrected chi connectivity index (χ4v) is 8.30. The molecule has 74 heavy (non-hydrogen) atoms. The smallest absolute Gasteiger partial charge is 0.316 e. The number of Topliss-reactive ketones (excluding diaryl/α,β-unsaturated/α-hetero) is 1. The van der Waals surface area contributed by atoms with E-state index in [1.807, 2.05) is 74.5 Å². The minimum absolute atomic E-state index is 0.0359. The van der Waals surface area contributed by atoms with Crippen LogP contribution in [-0.4, -0.2) is 140 Å². The van der Waals surface area contributed by atoms with E-state index in [1.54, 1.807) is 45.9 Å². The van der Waals surface area contributed by atoms with Crippen molar-refractivity contribution in [2.24, 2.45) is 17.3 Å². The van der Waals surface area contributed by atoms with E-state index in [9.17, 15) is 24.0 Å². The van der Waals surface area contributed by atoms with Gasteiger partial charge in [-0.3, -0.25) is 38.5 Å². The van der Waals surface area contributed by atoms with Gasteiger partial charge in [0, 0.05) is 24.8 Å². The Balaban J connectivity index is 0.00000226. The third-order valence-electron chi connectivity index (χ3n) is 12.6. The van der Waals surface area contributed by atoms with Crippen molar-refractivity contribution in [3.63, 3.8) is 0 Å². The zero-order valence-corrected chi connectivity index (χ0v) is 45.5. The summed E-state index contributed by atoms with van der Waals surface area (Å²) in [4.78, 5) is 100.0. The summed E-state index contributed by atoms with van der Waals surface area (Å²) in [5, 5.41) is 8.85. The van der Waals surface area contributed by atoms with Crippen molar-refractivity contribution in [1.82, 2.24) is 20.9 Å². The van der Waals surface area contributed by atoms with Gasteiger partial charge in [0.2, 0.25) is 17.7 Å². The number of esters is 1. The monoisotopic (exact) mass is 1050 g/mol. The zero-order valence-electron chi connectivity index (χ0n) is 44.7. The number of hydrogen-bond acceptors (Lipinski definition) is 13. The van der Waals surface area contributed by atoms with Crippen molar-refractivity contribution < 1.29 is 65.2 Å². The van der Waals surface area contributed by atoms with Gasteiger partial charge in [-0.15, -0.1) is 0 Å². The van der Waals surface area contributed by atoms with Crippen LogP contribution in [0, 0.1) is 17.3 Å². The Labute approximate surface area is 437 Å². The molecule has 2 fully saturated rings. The minimum Gasteiger partial charge on any atom is -0.748 e. The van der Waals surface area contributed by atoms with Crippen LogP contribution in [0.4, 0.5) is 0 Å². The number of hydrogen-bond donors (Lipinski definition) is 3. The molecule has 3 aromatic carbocycles. The average molecular weight is 1050 g/mol. The zero-order chi connectivity index (χ0) is 55.0. The molecule has 0 aromatic heterocycles. The number of carbonyl (C=O) groups is 7. The highest BCUT2D eigenvalue weighted by atomic mass is 32.2. The Morgan fingerprint density at radius 2 is 1.36 bits per heavy atom. The second-order valence-electron chi connectivity index (χ2n) is 21.5. The van der Waals surface area contributed by atoms with Gasteiger partial charge in [0.05, 0.1) is 40.9 Å². The quantitative estimate of drug-likeness (QED) is 0.0286. The van der Waals surface area contributed by atoms with Crippen LogP contribution in [-0.2, 0) is 67.7 Å². The summed E-state index contributed by atoms with van der Waals surface area (Å²) in [7, 11) is -3.92. The van der Waals surface area contributed by atoms with Crippen LogP contribution in [0.1, 0.15) is 109 Å². The number of morpholine rings is 1. The normalized spacial score (nSPS) is 17.4. The molecule has 4 atom stereocenters. The molecule has 0 radical (unpaired) electrons. The lowest BCUT2D eigenvalue weighted by Gasteiger charge is -2.42. The molecule has 2 saturated heterocycles. The summed E-state index contributed by atoms with van der Waals surface area (Å²) in [6.07, 6.45) is 2.13. The van der Waals surface area contributed by atoms with Gasteiger partial charge in [-0.25, -0.2) is 8.42 Å². The van der Waals surface area contributed by atoms with Crippen LogP contribution in [0.15, 0.2) is 78.9 Å². The average Bonchev–Trinajstić information content (AvgIpc) is 4.07. The Hall–Kier alpha value is -5.86. The van der Waals surface area contributed by atoms with Crippen molar-refractivity contribution in [3.8, 4) is 5.75 Å². The largest absolute Gasteiger partial charge is 0.748 e. The molecule has 3 N–H and O–H groups in total. The molecular formula is C55H77N5O13S. The molecule has 0 bridgehead atoms. The molecule has 5 amide bonds. The number of epoxide rings is 1. The fourth-order valence-electron chi connectivity index (χ4n) is 8.30. The van der Waals surface area contributed by atoms with Crippen LogP contribution in [0.3, 0.4) is 0 Å². The maximum absolute atomic E-state index is 15.2. The highest BCUT2D eigenvalue weighted by Crippen LogP contribution is 2.32. The first-order chi connectivity index (χ1) is 34.6. The first kappa shape index (κ1) is 60.7. The fraction of sp³-hybridized carbons (Fsp3) is 0.545. The molecule has 0 saturated carbocycles. The third-order valence-corrected chi connectivity index (χ3v) is 12.6. The Kier molecular flexibility index (Phi) is 22.2. The Bertz CT molecular complexity index is 2510. The summed E-state index contributed by atoms with van der Waals surface area (Å²) < 4.78 is 44.5. The highest BCUT2D eigenvalue weighted by Gasteiger charge is 2.54. The molecule has 406 valence electrons. The van der Waals surface area contributed by atoms with Gasteiger partial charge in [0.15, 0.2) is 17.9 Å². The molecule has 0 spiro atoms. The number of aryl methyl sites for hydroxylation is 1. The number of imide groups is 1. The molecule has 3 aromatic rings. The molecule has 0 unspecified atom stereocenters. The minimum atomic E-state index is -3.92. The standard InChI is InChI=1S/C54H73N5O10.CH4O3S/c1-36(2)24-25-55-48(62)44(32-40-18-14-11-15-19-40)56-49(63)43(30-37(3)4)57-50(64)45(22-20-39-16-12-10-13-17-39)58(51(65)54(9)35-68-54)47(61)34-59(26-28-67-29-27-59)33-41-21-23-46(42(31-41)38(5)60)69-52(66)53(6,7)8;1-5(2,3)4/h10-19,21,23,31,36-37,43-45H,20,22,24-30,32-35H2,1-9H3,(H2-,55,56,57,62,63,64);1H3,(H,2,3,4)/t43-,44-,45-,54+;/m0./s1. The van der Waals surface area contributed by atoms with Crippen molar-refractivity contribution in [1.29, 1.82) is 0 Å². The topological polar surface area (TPSA) is 247 Å². The summed E-state index contributed by atoms with van der Waals surface area (Å²) in [6.45, 7) is 18.0. The summed E-state index contributed by atoms with van der Waals surface area (Å²) >= 11 is 0. The van der Waals surface area contributed by atoms with E-state index >= 15 is 9.59 Å². The van der Waals surface area contributed by atoms with Crippen molar-refractivity contribution >= 4 is 51.4 Å². The molecule has 2 aliphatic heterocycles. The van der Waals surface area contributed by atoms with Gasteiger partial charge in [0.25, 0.3) is 11.8 Å². The highest BCUT2D eigenvalue weighted by molar-refractivity contribution is 7.84. The van der Waals surface area contributed by atoms with E-state index < -0.39 is 68.9 Å². The molecule has 0 aliphatic carbocycles. The molecule has 2 heterocycles. The number of nitrogens with zero attached hydrogens (tertiary/aromatic N) is 2. The predicted octanol–water partition coefficient (Wildman–Crippen LogP) is 4.92. The summed E-state index contributed by atoms with van der Waals surface area (Å²) in [5.41, 5.74) is 0.470. The van der Waals surface area contributed by atoms with Gasteiger partial charge in [0.1, 0.15) is 43.5 Å². The van der Waals surface area contributed by atoms with Gasteiger partial charge in [-0.05, 0) is 101 Å². The van der Waals surface area contributed by atoms with Gasteiger partial charge in [-0.1, -0.05) is 88.4 Å². The van der Waals surface area contributed by atoms with Crippen molar-refractivity contribution in [2.75, 3.05) is 52.3 Å². The van der Waals surface area contributed by atoms with E-state index in [-0.39, 0.29) is 72.4 Å². The lowest BCUT2D eigenvalue weighted by molar-refractivity contribution is -0.940. The Morgan fingerprint density at radius 3 is 1.89 bits per heavy atom. The van der Waals surface area contributed by atoms with Crippen molar-refractivity contribution in [2.45, 2.75) is 125 Å². The predicted molar refractivity (Wildman–Crippen MR) is 277 cm³/mol. The van der Waals surface area contributed by atoms with Gasteiger partial charge >= 0.3 is 5.97 Å². The van der Waals surface area contributed by atoms with E-state index in [0.29, 0.717) is 57.0 Å². The van der Waals surface area contributed by atoms with Crippen LogP contribution in [0.5, 0.6) is 5.75 Å². The molecule has 2 aliphatic rings. The maximum Gasteiger partial charge on any atom is 0.316 e. The number of nitrogens with one attached hydrogen (secondary N) is 3. The number of carbonyl (C=O) groups excluding carboxylic acids is 7. The third kappa shape index (κ3) is 19.8. The van der Waals surface area contributed by atoms with E-state index in [0.717, 1.165) is 22.4 Å². The van der Waals surface area contributed by atoms with Crippen LogP contribution < -0.4 is 20.7 Å². The molecule has 19 heteroatoms. The lowest BCUT2D eigenvalue weighted by atomic mass is 9.97. The second-order valence-corrected chi connectivity index (χ2v) is 22.9. The number of amides is 5. The SMILES string of the molecule is CC(=O)c1cc(C[N+]2(CC(=O)N(C(=O)[C@@]3(C)CO3)[C@@H](CCc3ccccc3)C(=O)N[C@@H](CC(C)C)C(=O)N[C@@H](Cc3ccccc3)C(=O)NCCC(C)C)CCOCC2)ccc1OC(=O)C(C)(C)C.CS(=O)(=O)[O-]. The lowest BCUT2D eigenvalue weighted by Crippen LogP contribution is -2.64. The number of ketones is 1. The number of ether oxygens (including phenoxy) is 3. The van der Waals surface area contributed by atoms with Crippen LogP contribution >= 0.6 is 0 Å². The molecular weight excluding hydrogens is 971 g/mol. The molecule has 18 nitrogen and oxygen atoms in total. The number of benzene rings is 3. The summed E-state index contributed by atoms with van der Waals surface area (Å²) in [6, 6.07) is 20.4. The Morgan fingerprint density at radius 1 is 0.797 bits per heavy atom. The van der Waals surface area contributed by atoms with Gasteiger partial charge in [-0.2, -0.15) is 0 Å². The first-order valence-corrected chi connectivity index (χ1v) is 27.1. The second kappa shape index (κ2) is 27.1. The first-order valence-electron chi connectivity index (χ1n) is 25.3. The van der Waals surface area contributed by atoms with E-state index in [1.165, 1.54) is 6.92 Å². The summed E-state index contributed by atoms with van der Waals surface area (Å²) in [5.74, 6) is -3.27. The molecule has 5 rings (SSSR count). The van der Waals surface area contributed by atoms with E-state index in [4.69, 9.17) is 27.2 Å².